The Hall–Kier alpha value is -1.89. The van der Waals surface area contributed by atoms with E-state index in [1.165, 1.54) is 7.11 Å². The lowest BCUT2D eigenvalue weighted by atomic mass is 10.2. The minimum atomic E-state index is -3.73. The monoisotopic (exact) mass is 464 g/mol. The summed E-state index contributed by atoms with van der Waals surface area (Å²) in [6.07, 6.45) is 1.01. The van der Waals surface area contributed by atoms with Crippen molar-refractivity contribution in [1.29, 1.82) is 0 Å². The summed E-state index contributed by atoms with van der Waals surface area (Å²) >= 11 is 8.24. The van der Waals surface area contributed by atoms with Crippen molar-refractivity contribution in [1.82, 2.24) is 10.2 Å². The molecule has 0 atom stereocenters. The van der Waals surface area contributed by atoms with Crippen LogP contribution in [0.1, 0.15) is 5.56 Å². The highest BCUT2D eigenvalue weighted by atomic mass is 35.5. The molecule has 1 amide bonds. The number of nitrogens with one attached hydrogen (secondary N) is 1. The van der Waals surface area contributed by atoms with Gasteiger partial charge in [-0.1, -0.05) is 40.8 Å². The number of methoxy groups -OCH3 is 1. The second kappa shape index (κ2) is 9.54. The van der Waals surface area contributed by atoms with Gasteiger partial charge in [0, 0.05) is 5.02 Å². The van der Waals surface area contributed by atoms with Crippen LogP contribution < -0.4 is 9.62 Å². The Balaban J connectivity index is 2.10. The van der Waals surface area contributed by atoms with Gasteiger partial charge in [0.15, 0.2) is 4.34 Å². The van der Waals surface area contributed by atoms with Crippen molar-refractivity contribution in [3.8, 4) is 0 Å². The van der Waals surface area contributed by atoms with Gasteiger partial charge >= 0.3 is 5.97 Å². The highest BCUT2D eigenvalue weighted by Gasteiger charge is 2.23. The number of nitrogens with zero attached hydrogens (tertiary/aromatic N) is 3. The summed E-state index contributed by atoms with van der Waals surface area (Å²) in [5.41, 5.74) is 0.858. The van der Waals surface area contributed by atoms with Gasteiger partial charge in [-0.2, -0.15) is 0 Å². The van der Waals surface area contributed by atoms with Crippen LogP contribution in [0.25, 0.3) is 0 Å². The van der Waals surface area contributed by atoms with E-state index >= 15 is 0 Å². The minimum absolute atomic E-state index is 0.0645. The van der Waals surface area contributed by atoms with E-state index in [9.17, 15) is 18.0 Å². The molecule has 1 aromatic carbocycles. The fourth-order valence-electron chi connectivity index (χ4n) is 2.03. The van der Waals surface area contributed by atoms with Gasteiger partial charge in [-0.15, -0.1) is 10.2 Å². The third-order valence-corrected chi connectivity index (χ3v) is 6.87. The summed E-state index contributed by atoms with van der Waals surface area (Å²) in [6, 6.07) is 4.81. The maximum atomic E-state index is 12.4. The zero-order chi connectivity index (χ0) is 20.9. The molecule has 0 aliphatic heterocycles. The standard InChI is InChI=1S/C15H17ClN4O5S3/c1-9-10(16)5-4-6-11(9)20(28(3,23)24)7-12(21)17-14-18-19-15(27-14)26-8-13(22)25-2/h4-6H,7-8H2,1-3H3,(H,17,18,21). The zero-order valence-electron chi connectivity index (χ0n) is 15.1. The first-order chi connectivity index (χ1) is 13.1. The number of carbonyl (C=O) groups is 2. The number of anilines is 2. The minimum Gasteiger partial charge on any atom is -0.468 e. The predicted octanol–water partition coefficient (Wildman–Crippen LogP) is 2.17. The number of esters is 1. The Morgan fingerprint density at radius 3 is 2.71 bits per heavy atom. The van der Waals surface area contributed by atoms with Crippen molar-refractivity contribution >= 4 is 67.4 Å². The molecule has 0 saturated heterocycles. The average molecular weight is 465 g/mol. The number of rotatable bonds is 8. The fourth-order valence-corrected chi connectivity index (χ4v) is 4.71. The Kier molecular flexibility index (Phi) is 7.63. The van der Waals surface area contributed by atoms with E-state index in [-0.39, 0.29) is 10.9 Å². The van der Waals surface area contributed by atoms with Crippen molar-refractivity contribution in [2.75, 3.05) is 35.3 Å². The van der Waals surface area contributed by atoms with E-state index in [4.69, 9.17) is 11.6 Å². The van der Waals surface area contributed by atoms with Gasteiger partial charge in [-0.3, -0.25) is 19.2 Å². The molecule has 0 radical (unpaired) electrons. The molecule has 0 aliphatic rings. The molecule has 0 saturated carbocycles. The van der Waals surface area contributed by atoms with Gasteiger partial charge in [0.25, 0.3) is 0 Å². The van der Waals surface area contributed by atoms with Crippen LogP contribution >= 0.6 is 34.7 Å². The van der Waals surface area contributed by atoms with Crippen molar-refractivity contribution in [3.05, 3.63) is 28.8 Å². The summed E-state index contributed by atoms with van der Waals surface area (Å²) < 4.78 is 30.4. The summed E-state index contributed by atoms with van der Waals surface area (Å²) in [5.74, 6) is -0.938. The molecule has 13 heteroatoms. The molecule has 0 aliphatic carbocycles. The highest BCUT2D eigenvalue weighted by Crippen LogP contribution is 2.29. The summed E-state index contributed by atoms with van der Waals surface area (Å²) in [5, 5.41) is 10.7. The van der Waals surface area contributed by atoms with Gasteiger partial charge in [0.05, 0.1) is 24.8 Å². The molecule has 1 heterocycles. The van der Waals surface area contributed by atoms with Gasteiger partial charge in [0.1, 0.15) is 6.54 Å². The maximum absolute atomic E-state index is 12.4. The number of halogens is 1. The van der Waals surface area contributed by atoms with E-state index < -0.39 is 28.4 Å². The smallest absolute Gasteiger partial charge is 0.316 e. The molecule has 0 unspecified atom stereocenters. The predicted molar refractivity (Wildman–Crippen MR) is 110 cm³/mol. The van der Waals surface area contributed by atoms with Crippen LogP contribution in [-0.4, -0.2) is 56.2 Å². The van der Waals surface area contributed by atoms with Crippen LogP contribution in [-0.2, 0) is 24.3 Å². The van der Waals surface area contributed by atoms with Gasteiger partial charge in [-0.25, -0.2) is 8.42 Å². The summed E-state index contributed by atoms with van der Waals surface area (Å²) in [4.78, 5) is 23.5. The lowest BCUT2D eigenvalue weighted by Gasteiger charge is -2.23. The van der Waals surface area contributed by atoms with E-state index in [0.29, 0.717) is 20.6 Å². The Bertz CT molecular complexity index is 980. The number of sulfonamides is 1. The number of benzene rings is 1. The third-order valence-electron chi connectivity index (χ3n) is 3.39. The Morgan fingerprint density at radius 2 is 2.07 bits per heavy atom. The molecule has 1 aromatic heterocycles. The number of carbonyl (C=O) groups excluding carboxylic acids is 2. The number of aromatic nitrogens is 2. The molecular formula is C15H17ClN4O5S3. The van der Waals surface area contributed by atoms with E-state index in [1.54, 1.807) is 25.1 Å². The molecule has 2 rings (SSSR count). The van der Waals surface area contributed by atoms with E-state index in [0.717, 1.165) is 33.7 Å². The topological polar surface area (TPSA) is 119 Å². The summed E-state index contributed by atoms with van der Waals surface area (Å²) in [7, 11) is -2.45. The van der Waals surface area contributed by atoms with Crippen LogP contribution in [0, 0.1) is 6.92 Å². The highest BCUT2D eigenvalue weighted by molar-refractivity contribution is 8.01. The van der Waals surface area contributed by atoms with Crippen LogP contribution in [0.3, 0.4) is 0 Å². The molecule has 9 nitrogen and oxygen atoms in total. The first-order valence-electron chi connectivity index (χ1n) is 7.67. The molecule has 0 fully saturated rings. The maximum Gasteiger partial charge on any atom is 0.316 e. The lowest BCUT2D eigenvalue weighted by molar-refractivity contribution is -0.137. The van der Waals surface area contributed by atoms with Crippen LogP contribution in [0.2, 0.25) is 5.02 Å². The largest absolute Gasteiger partial charge is 0.468 e. The van der Waals surface area contributed by atoms with E-state index in [2.05, 4.69) is 20.3 Å². The number of ether oxygens (including phenoxy) is 1. The van der Waals surface area contributed by atoms with Crippen molar-refractivity contribution < 1.29 is 22.7 Å². The van der Waals surface area contributed by atoms with Gasteiger partial charge < -0.3 is 4.74 Å². The number of hydrogen-bond acceptors (Lipinski definition) is 9. The van der Waals surface area contributed by atoms with Gasteiger partial charge in [0.2, 0.25) is 21.1 Å². The fraction of sp³-hybridized carbons (Fsp3) is 0.333. The van der Waals surface area contributed by atoms with Crippen molar-refractivity contribution in [2.45, 2.75) is 11.3 Å². The third kappa shape index (κ3) is 6.06. The lowest BCUT2D eigenvalue weighted by Crippen LogP contribution is -2.37. The number of hydrogen-bond donors (Lipinski definition) is 1. The van der Waals surface area contributed by atoms with Crippen molar-refractivity contribution in [3.63, 3.8) is 0 Å². The molecule has 2 aromatic rings. The summed E-state index contributed by atoms with van der Waals surface area (Å²) in [6.45, 7) is 1.22. The SMILES string of the molecule is COC(=O)CSc1nnc(NC(=O)CN(c2cccc(Cl)c2C)S(C)(=O)=O)s1. The average Bonchev–Trinajstić information content (AvgIpc) is 3.06. The second-order valence-corrected chi connectivity index (χ2v) is 9.95. The van der Waals surface area contributed by atoms with Gasteiger partial charge in [-0.05, 0) is 24.6 Å². The number of amides is 1. The molecule has 0 bridgehead atoms. The van der Waals surface area contributed by atoms with Crippen molar-refractivity contribution in [2.24, 2.45) is 0 Å². The molecule has 0 spiro atoms. The first kappa shape index (κ1) is 22.4. The molecular weight excluding hydrogens is 448 g/mol. The van der Waals surface area contributed by atoms with Crippen LogP contribution in [0.15, 0.2) is 22.5 Å². The quantitative estimate of drug-likeness (QED) is 0.358. The van der Waals surface area contributed by atoms with E-state index in [1.807, 2.05) is 0 Å². The second-order valence-electron chi connectivity index (χ2n) is 5.44. The zero-order valence-corrected chi connectivity index (χ0v) is 18.3. The molecule has 1 N–H and O–H groups in total. The molecule has 28 heavy (non-hydrogen) atoms. The Morgan fingerprint density at radius 1 is 1.36 bits per heavy atom. The number of thioether (sulfide) groups is 1. The van der Waals surface area contributed by atoms with Crippen LogP contribution in [0.5, 0.6) is 0 Å². The molecule has 152 valence electrons. The Labute approximate surface area is 175 Å². The van der Waals surface area contributed by atoms with Crippen LogP contribution in [0.4, 0.5) is 10.8 Å². The first-order valence-corrected chi connectivity index (χ1v) is 11.7. The normalized spacial score (nSPS) is 11.1.